The van der Waals surface area contributed by atoms with Crippen molar-refractivity contribution in [1.82, 2.24) is 4.98 Å². The Hall–Kier alpha value is -2.36. The molecule has 114 valence electrons. The molecule has 2 heterocycles. The van der Waals surface area contributed by atoms with Gasteiger partial charge < -0.3 is 10.1 Å². The fourth-order valence-corrected chi connectivity index (χ4v) is 3.05. The number of hydrogen-bond donors (Lipinski definition) is 1. The van der Waals surface area contributed by atoms with Crippen LogP contribution in [0.25, 0.3) is 0 Å². The highest BCUT2D eigenvalue weighted by molar-refractivity contribution is 5.82. The second kappa shape index (κ2) is 5.79. The van der Waals surface area contributed by atoms with Crippen LogP contribution >= 0.6 is 0 Å². The lowest BCUT2D eigenvalue weighted by Crippen LogP contribution is -2.08. The van der Waals surface area contributed by atoms with Crippen LogP contribution in [-0.4, -0.2) is 17.6 Å². The SMILES string of the molecule is CCOC(=O)/C=C/C1=CC(C)=C2Nc3ncc(C)cc3C2C1. The van der Waals surface area contributed by atoms with E-state index in [-0.39, 0.29) is 5.97 Å². The summed E-state index contributed by atoms with van der Waals surface area (Å²) in [5, 5.41) is 3.43. The molecule has 0 aromatic carbocycles. The minimum atomic E-state index is -0.293. The normalized spacial score (nSPS) is 19.6. The molecule has 1 atom stereocenters. The summed E-state index contributed by atoms with van der Waals surface area (Å²) in [7, 11) is 0. The van der Waals surface area contributed by atoms with E-state index in [4.69, 9.17) is 4.74 Å². The first kappa shape index (κ1) is 14.6. The number of rotatable bonds is 3. The van der Waals surface area contributed by atoms with Gasteiger partial charge in [0, 0.05) is 29.5 Å². The van der Waals surface area contributed by atoms with Crippen molar-refractivity contribution in [3.05, 3.63) is 58.5 Å². The van der Waals surface area contributed by atoms with Gasteiger partial charge in [0.2, 0.25) is 0 Å². The maximum atomic E-state index is 11.5. The number of nitrogens with one attached hydrogen (secondary N) is 1. The fraction of sp³-hybridized carbons (Fsp3) is 0.333. The van der Waals surface area contributed by atoms with E-state index in [1.807, 2.05) is 12.3 Å². The molecule has 2 aliphatic rings. The van der Waals surface area contributed by atoms with Crippen LogP contribution in [0.4, 0.5) is 5.82 Å². The average Bonchev–Trinajstić information content (AvgIpc) is 2.84. The smallest absolute Gasteiger partial charge is 0.330 e. The van der Waals surface area contributed by atoms with E-state index in [9.17, 15) is 4.79 Å². The molecule has 1 aliphatic carbocycles. The van der Waals surface area contributed by atoms with Crippen molar-refractivity contribution in [2.45, 2.75) is 33.1 Å². The summed E-state index contributed by atoms with van der Waals surface area (Å²) < 4.78 is 4.93. The molecule has 3 rings (SSSR count). The second-order valence-electron chi connectivity index (χ2n) is 5.73. The third-order valence-electron chi connectivity index (χ3n) is 4.02. The van der Waals surface area contributed by atoms with Gasteiger partial charge in [-0.2, -0.15) is 0 Å². The molecule has 1 aliphatic heterocycles. The van der Waals surface area contributed by atoms with E-state index in [0.29, 0.717) is 12.5 Å². The lowest BCUT2D eigenvalue weighted by Gasteiger charge is -2.20. The molecule has 22 heavy (non-hydrogen) atoms. The average molecular weight is 296 g/mol. The van der Waals surface area contributed by atoms with Crippen LogP contribution < -0.4 is 5.32 Å². The van der Waals surface area contributed by atoms with Crippen molar-refractivity contribution in [2.75, 3.05) is 11.9 Å². The predicted molar refractivity (Wildman–Crippen MR) is 86.5 cm³/mol. The highest BCUT2D eigenvalue weighted by Gasteiger charge is 2.32. The van der Waals surface area contributed by atoms with Crippen LogP contribution in [0.5, 0.6) is 0 Å². The monoisotopic (exact) mass is 296 g/mol. The van der Waals surface area contributed by atoms with E-state index in [1.165, 1.54) is 22.9 Å². The van der Waals surface area contributed by atoms with E-state index in [1.54, 1.807) is 6.92 Å². The van der Waals surface area contributed by atoms with Gasteiger partial charge in [-0.3, -0.25) is 0 Å². The van der Waals surface area contributed by atoms with Crippen molar-refractivity contribution in [2.24, 2.45) is 0 Å². The summed E-state index contributed by atoms with van der Waals surface area (Å²) in [5.74, 6) is 0.960. The van der Waals surface area contributed by atoms with Crippen LogP contribution in [0.1, 0.15) is 37.3 Å². The fourth-order valence-electron chi connectivity index (χ4n) is 3.05. The molecule has 1 N–H and O–H groups in total. The number of aromatic nitrogens is 1. The van der Waals surface area contributed by atoms with Gasteiger partial charge in [-0.05, 0) is 43.9 Å². The Morgan fingerprint density at radius 1 is 1.50 bits per heavy atom. The number of fused-ring (bicyclic) bond motifs is 3. The molecule has 1 aromatic heterocycles. The number of hydrogen-bond acceptors (Lipinski definition) is 4. The molecule has 0 fully saturated rings. The molecule has 1 aromatic rings. The third kappa shape index (κ3) is 2.69. The highest BCUT2D eigenvalue weighted by atomic mass is 16.5. The number of pyridine rings is 1. The number of esters is 1. The van der Waals surface area contributed by atoms with E-state index >= 15 is 0 Å². The summed E-state index contributed by atoms with van der Waals surface area (Å²) in [6.45, 7) is 6.35. The molecule has 0 saturated heterocycles. The number of carbonyl (C=O) groups excluding carboxylic acids is 1. The number of nitrogens with zero attached hydrogens (tertiary/aromatic N) is 1. The number of anilines is 1. The Bertz CT molecular complexity index is 714. The quantitative estimate of drug-likeness (QED) is 0.683. The zero-order valence-corrected chi connectivity index (χ0v) is 13.1. The molecule has 1 unspecified atom stereocenters. The zero-order chi connectivity index (χ0) is 15.7. The minimum absolute atomic E-state index is 0.293. The number of carbonyl (C=O) groups is 1. The van der Waals surface area contributed by atoms with Gasteiger partial charge in [0.1, 0.15) is 5.82 Å². The number of allylic oxidation sites excluding steroid dienone is 5. The second-order valence-corrected chi connectivity index (χ2v) is 5.73. The molecule has 0 bridgehead atoms. The Morgan fingerprint density at radius 2 is 2.32 bits per heavy atom. The first-order valence-corrected chi connectivity index (χ1v) is 7.58. The summed E-state index contributed by atoms with van der Waals surface area (Å²) in [6.07, 6.45) is 8.24. The molecule has 0 amide bonds. The van der Waals surface area contributed by atoms with Crippen molar-refractivity contribution in [1.29, 1.82) is 0 Å². The van der Waals surface area contributed by atoms with E-state index in [0.717, 1.165) is 23.4 Å². The van der Waals surface area contributed by atoms with Crippen LogP contribution in [-0.2, 0) is 9.53 Å². The van der Waals surface area contributed by atoms with E-state index < -0.39 is 0 Å². The Morgan fingerprint density at radius 3 is 3.09 bits per heavy atom. The topological polar surface area (TPSA) is 51.2 Å². The maximum absolute atomic E-state index is 11.5. The summed E-state index contributed by atoms with van der Waals surface area (Å²) >= 11 is 0. The van der Waals surface area contributed by atoms with Crippen molar-refractivity contribution in [3.63, 3.8) is 0 Å². The standard InChI is InChI=1S/C18H20N2O2/c1-4-22-16(21)6-5-13-8-12(3)17-14(9-13)15-7-11(2)10-19-18(15)20-17/h5-8,10,14H,4,9H2,1-3H3,(H,19,20)/b6-5+. The summed E-state index contributed by atoms with van der Waals surface area (Å²) in [5.41, 5.74) is 5.95. The molecule has 4 heteroatoms. The molecule has 0 radical (unpaired) electrons. The van der Waals surface area contributed by atoms with Crippen LogP contribution in [0.15, 0.2) is 47.3 Å². The molecular weight excluding hydrogens is 276 g/mol. The molecule has 0 spiro atoms. The Kier molecular flexibility index (Phi) is 3.84. The van der Waals surface area contributed by atoms with Gasteiger partial charge in [-0.25, -0.2) is 9.78 Å². The molecule has 4 nitrogen and oxygen atoms in total. The van der Waals surface area contributed by atoms with Crippen LogP contribution in [0, 0.1) is 6.92 Å². The minimum Gasteiger partial charge on any atom is -0.463 e. The zero-order valence-electron chi connectivity index (χ0n) is 13.1. The predicted octanol–water partition coefficient (Wildman–Crippen LogP) is 3.62. The lowest BCUT2D eigenvalue weighted by atomic mass is 9.85. The lowest BCUT2D eigenvalue weighted by molar-refractivity contribution is -0.137. The molecular formula is C18H20N2O2. The van der Waals surface area contributed by atoms with Gasteiger partial charge in [0.25, 0.3) is 0 Å². The maximum Gasteiger partial charge on any atom is 0.330 e. The van der Waals surface area contributed by atoms with Crippen molar-refractivity contribution in [3.8, 4) is 0 Å². The van der Waals surface area contributed by atoms with Gasteiger partial charge in [-0.1, -0.05) is 18.2 Å². The van der Waals surface area contributed by atoms with Gasteiger partial charge in [-0.15, -0.1) is 0 Å². The van der Waals surface area contributed by atoms with Gasteiger partial charge in [0.05, 0.1) is 6.61 Å². The number of aryl methyl sites for hydroxylation is 1. The largest absolute Gasteiger partial charge is 0.463 e. The Balaban J connectivity index is 1.86. The van der Waals surface area contributed by atoms with Crippen molar-refractivity contribution < 1.29 is 9.53 Å². The summed E-state index contributed by atoms with van der Waals surface area (Å²) in [4.78, 5) is 15.9. The van der Waals surface area contributed by atoms with Crippen LogP contribution in [0.3, 0.4) is 0 Å². The van der Waals surface area contributed by atoms with Crippen LogP contribution in [0.2, 0.25) is 0 Å². The number of ether oxygens (including phenoxy) is 1. The Labute approximate surface area is 130 Å². The highest BCUT2D eigenvalue weighted by Crippen LogP contribution is 2.45. The van der Waals surface area contributed by atoms with Gasteiger partial charge in [0.15, 0.2) is 0 Å². The van der Waals surface area contributed by atoms with Gasteiger partial charge >= 0.3 is 5.97 Å². The first-order valence-electron chi connectivity index (χ1n) is 7.58. The molecule has 0 saturated carbocycles. The third-order valence-corrected chi connectivity index (χ3v) is 4.02. The summed E-state index contributed by atoms with van der Waals surface area (Å²) in [6, 6.07) is 2.19. The van der Waals surface area contributed by atoms with E-state index in [2.05, 4.69) is 36.3 Å². The first-order chi connectivity index (χ1) is 10.6. The van der Waals surface area contributed by atoms with Crippen molar-refractivity contribution >= 4 is 11.8 Å².